The fourth-order valence-electron chi connectivity index (χ4n) is 1.15. The highest BCUT2D eigenvalue weighted by Crippen LogP contribution is 2.13. The van der Waals surface area contributed by atoms with Gasteiger partial charge in [0.05, 0.1) is 5.56 Å². The Morgan fingerprint density at radius 2 is 2.38 bits per heavy atom. The van der Waals surface area contributed by atoms with Crippen LogP contribution in [0.5, 0.6) is 0 Å². The van der Waals surface area contributed by atoms with Gasteiger partial charge in [-0.1, -0.05) is 0 Å². The van der Waals surface area contributed by atoms with E-state index in [0.717, 1.165) is 11.1 Å². The van der Waals surface area contributed by atoms with Gasteiger partial charge in [-0.25, -0.2) is 4.98 Å². The summed E-state index contributed by atoms with van der Waals surface area (Å²) < 4.78 is 0. The molecule has 0 saturated carbocycles. The molecule has 5 heteroatoms. The molecule has 1 amide bonds. The summed E-state index contributed by atoms with van der Waals surface area (Å²) in [5, 5.41) is 7.54. The molecule has 66 valence electrons. The second kappa shape index (κ2) is 2.55. The zero-order chi connectivity index (χ0) is 9.42. The number of nitrogens with zero attached hydrogens (tertiary/aromatic N) is 2. The van der Waals surface area contributed by atoms with Gasteiger partial charge in [-0.2, -0.15) is 5.10 Å². The first kappa shape index (κ1) is 7.72. The number of nitrogens with two attached hydrogens (primary N) is 1. The molecular weight excluding hydrogens is 168 g/mol. The summed E-state index contributed by atoms with van der Waals surface area (Å²) in [5.41, 5.74) is 6.99. The van der Waals surface area contributed by atoms with Crippen LogP contribution >= 0.6 is 0 Å². The van der Waals surface area contributed by atoms with E-state index in [1.807, 2.05) is 6.92 Å². The largest absolute Gasteiger partial charge is 0.366 e. The van der Waals surface area contributed by atoms with Gasteiger partial charge in [0.25, 0.3) is 0 Å². The highest BCUT2D eigenvalue weighted by atomic mass is 16.1. The zero-order valence-corrected chi connectivity index (χ0v) is 7.03. The number of pyridine rings is 1. The first-order valence-electron chi connectivity index (χ1n) is 3.79. The highest BCUT2D eigenvalue weighted by Gasteiger charge is 2.06. The minimum Gasteiger partial charge on any atom is -0.366 e. The molecule has 2 heterocycles. The molecule has 0 saturated heterocycles. The Morgan fingerprint density at radius 1 is 1.62 bits per heavy atom. The lowest BCUT2D eigenvalue weighted by atomic mass is 10.2. The average molecular weight is 176 g/mol. The van der Waals surface area contributed by atoms with Gasteiger partial charge in [-0.15, -0.1) is 0 Å². The summed E-state index contributed by atoms with van der Waals surface area (Å²) in [6.07, 6.45) is 1.42. The Balaban J connectivity index is 2.72. The van der Waals surface area contributed by atoms with Crippen molar-refractivity contribution >= 4 is 16.9 Å². The van der Waals surface area contributed by atoms with Gasteiger partial charge >= 0.3 is 0 Å². The van der Waals surface area contributed by atoms with E-state index in [1.165, 1.54) is 6.20 Å². The van der Waals surface area contributed by atoms with Crippen LogP contribution in [0.15, 0.2) is 12.3 Å². The molecule has 0 unspecified atom stereocenters. The van der Waals surface area contributed by atoms with Crippen LogP contribution in [-0.4, -0.2) is 21.1 Å². The summed E-state index contributed by atoms with van der Waals surface area (Å²) in [6.45, 7) is 1.86. The van der Waals surface area contributed by atoms with Gasteiger partial charge in [0.2, 0.25) is 5.91 Å². The molecule has 0 aliphatic rings. The molecule has 0 spiro atoms. The predicted octanol–water partition coefficient (Wildman–Crippen LogP) is 0.365. The van der Waals surface area contributed by atoms with Crippen molar-refractivity contribution in [2.75, 3.05) is 0 Å². The van der Waals surface area contributed by atoms with Crippen LogP contribution in [-0.2, 0) is 0 Å². The van der Waals surface area contributed by atoms with Crippen molar-refractivity contribution < 1.29 is 4.79 Å². The van der Waals surface area contributed by atoms with E-state index >= 15 is 0 Å². The number of aryl methyl sites for hydroxylation is 1. The van der Waals surface area contributed by atoms with Gasteiger partial charge in [0.1, 0.15) is 0 Å². The molecule has 2 aromatic heterocycles. The lowest BCUT2D eigenvalue weighted by molar-refractivity contribution is 0.1000. The average Bonchev–Trinajstić information content (AvgIpc) is 2.47. The maximum atomic E-state index is 10.8. The minimum absolute atomic E-state index is 0.400. The van der Waals surface area contributed by atoms with E-state index in [9.17, 15) is 4.79 Å². The monoisotopic (exact) mass is 176 g/mol. The van der Waals surface area contributed by atoms with Gasteiger partial charge in [0.15, 0.2) is 5.65 Å². The molecule has 0 fully saturated rings. The maximum Gasteiger partial charge on any atom is 0.250 e. The number of aromatic nitrogens is 3. The number of carbonyl (C=O) groups excluding carboxylic acids is 1. The molecule has 0 aromatic carbocycles. The zero-order valence-electron chi connectivity index (χ0n) is 7.03. The number of fused-ring (bicyclic) bond motifs is 1. The number of aromatic amines is 1. The SMILES string of the molecule is Cc1[nH]nc2ncc(C(N)=O)cc12. The van der Waals surface area contributed by atoms with Crippen LogP contribution in [0.4, 0.5) is 0 Å². The van der Waals surface area contributed by atoms with Gasteiger partial charge in [-0.05, 0) is 13.0 Å². The molecular formula is C8H8N4O. The van der Waals surface area contributed by atoms with Crippen LogP contribution in [0.25, 0.3) is 11.0 Å². The first-order valence-corrected chi connectivity index (χ1v) is 3.79. The first-order chi connectivity index (χ1) is 6.18. The molecule has 2 aromatic rings. The Kier molecular flexibility index (Phi) is 1.51. The molecule has 13 heavy (non-hydrogen) atoms. The smallest absolute Gasteiger partial charge is 0.250 e. The van der Waals surface area contributed by atoms with E-state index in [4.69, 9.17) is 5.73 Å². The number of H-pyrrole nitrogens is 1. The summed E-state index contributed by atoms with van der Waals surface area (Å²) in [4.78, 5) is 14.8. The standard InChI is InChI=1S/C8H8N4O/c1-4-6-2-5(7(9)13)3-10-8(6)12-11-4/h2-3H,1H3,(H2,9,13)(H,10,11,12). The number of primary amides is 1. The van der Waals surface area contributed by atoms with E-state index < -0.39 is 5.91 Å². The lowest BCUT2D eigenvalue weighted by Gasteiger charge is -1.93. The highest BCUT2D eigenvalue weighted by molar-refractivity contribution is 5.96. The molecule has 3 N–H and O–H groups in total. The van der Waals surface area contributed by atoms with Crippen LogP contribution in [0, 0.1) is 6.92 Å². The summed E-state index contributed by atoms with van der Waals surface area (Å²) in [6, 6.07) is 1.68. The number of hydrogen-bond donors (Lipinski definition) is 2. The van der Waals surface area contributed by atoms with E-state index in [0.29, 0.717) is 11.2 Å². The summed E-state index contributed by atoms with van der Waals surface area (Å²) in [7, 11) is 0. The van der Waals surface area contributed by atoms with Crippen LogP contribution in [0.1, 0.15) is 16.1 Å². The summed E-state index contributed by atoms with van der Waals surface area (Å²) in [5.74, 6) is -0.477. The van der Waals surface area contributed by atoms with E-state index in [2.05, 4.69) is 15.2 Å². The van der Waals surface area contributed by atoms with Gasteiger partial charge in [0, 0.05) is 17.3 Å². The number of amides is 1. The van der Waals surface area contributed by atoms with Gasteiger partial charge < -0.3 is 5.73 Å². The number of carbonyl (C=O) groups is 1. The van der Waals surface area contributed by atoms with E-state index in [1.54, 1.807) is 6.07 Å². The Hall–Kier alpha value is -1.91. The summed E-state index contributed by atoms with van der Waals surface area (Å²) >= 11 is 0. The normalized spacial score (nSPS) is 10.5. The molecule has 5 nitrogen and oxygen atoms in total. The van der Waals surface area contributed by atoms with Crippen molar-refractivity contribution in [3.05, 3.63) is 23.5 Å². The third-order valence-corrected chi connectivity index (χ3v) is 1.88. The van der Waals surface area contributed by atoms with E-state index in [-0.39, 0.29) is 0 Å². The third-order valence-electron chi connectivity index (χ3n) is 1.88. The predicted molar refractivity (Wildman–Crippen MR) is 47.1 cm³/mol. The van der Waals surface area contributed by atoms with Crippen molar-refractivity contribution in [1.82, 2.24) is 15.2 Å². The second-order valence-corrected chi connectivity index (χ2v) is 2.81. The Morgan fingerprint density at radius 3 is 3.08 bits per heavy atom. The van der Waals surface area contributed by atoms with Crippen molar-refractivity contribution in [1.29, 1.82) is 0 Å². The van der Waals surface area contributed by atoms with Crippen LogP contribution < -0.4 is 5.73 Å². The van der Waals surface area contributed by atoms with Crippen molar-refractivity contribution in [2.45, 2.75) is 6.92 Å². The topological polar surface area (TPSA) is 84.7 Å². The van der Waals surface area contributed by atoms with Crippen molar-refractivity contribution in [2.24, 2.45) is 5.73 Å². The Labute approximate surface area is 74.0 Å². The third kappa shape index (κ3) is 1.14. The van der Waals surface area contributed by atoms with Crippen molar-refractivity contribution in [3.63, 3.8) is 0 Å². The number of rotatable bonds is 1. The minimum atomic E-state index is -0.477. The number of hydrogen-bond acceptors (Lipinski definition) is 3. The quantitative estimate of drug-likeness (QED) is 0.658. The molecule has 0 bridgehead atoms. The lowest BCUT2D eigenvalue weighted by Crippen LogP contribution is -2.10. The molecule has 0 radical (unpaired) electrons. The Bertz CT molecular complexity index is 474. The van der Waals surface area contributed by atoms with Crippen LogP contribution in [0.3, 0.4) is 0 Å². The van der Waals surface area contributed by atoms with Crippen LogP contribution in [0.2, 0.25) is 0 Å². The number of nitrogens with one attached hydrogen (secondary N) is 1. The molecule has 2 rings (SSSR count). The maximum absolute atomic E-state index is 10.8. The molecule has 0 aliphatic carbocycles. The molecule has 0 atom stereocenters. The fraction of sp³-hybridized carbons (Fsp3) is 0.125. The fourth-order valence-corrected chi connectivity index (χ4v) is 1.15. The van der Waals surface area contributed by atoms with Gasteiger partial charge in [-0.3, -0.25) is 9.89 Å². The van der Waals surface area contributed by atoms with Crippen molar-refractivity contribution in [3.8, 4) is 0 Å². The second-order valence-electron chi connectivity index (χ2n) is 2.81. The molecule has 0 aliphatic heterocycles.